The molecule has 0 spiro atoms. The maximum atomic E-state index is 12.4. The number of hydrogen-bond donors (Lipinski definition) is 2. The standard InChI is InChI=1S/C22H23N5O2/c1-12-8-13(2)25-21(24-12)17-5-3-4-15-9-16(29-20(15)17)11-23-22(28)19-10-18(26-27-19)14-6-7-14/h3-5,8,10,14,16H,6-7,9,11H2,1-2H3,(H,23,28)(H,26,27). The lowest BCUT2D eigenvalue weighted by Gasteiger charge is -2.13. The van der Waals surface area contributed by atoms with E-state index in [4.69, 9.17) is 4.74 Å². The van der Waals surface area contributed by atoms with Crippen LogP contribution in [-0.4, -0.2) is 38.7 Å². The van der Waals surface area contributed by atoms with E-state index < -0.39 is 0 Å². The molecule has 3 heterocycles. The van der Waals surface area contributed by atoms with Crippen molar-refractivity contribution in [3.63, 3.8) is 0 Å². The van der Waals surface area contributed by atoms with Gasteiger partial charge in [0, 0.05) is 29.4 Å². The summed E-state index contributed by atoms with van der Waals surface area (Å²) in [6.45, 7) is 4.35. The van der Waals surface area contributed by atoms with Gasteiger partial charge >= 0.3 is 0 Å². The minimum Gasteiger partial charge on any atom is -0.487 e. The fourth-order valence-electron chi connectivity index (χ4n) is 3.83. The molecule has 7 heteroatoms. The molecule has 1 aromatic carbocycles. The summed E-state index contributed by atoms with van der Waals surface area (Å²) in [5.74, 6) is 1.86. The predicted octanol–water partition coefficient (Wildman–Crippen LogP) is 3.09. The van der Waals surface area contributed by atoms with Crippen molar-refractivity contribution in [1.29, 1.82) is 0 Å². The number of fused-ring (bicyclic) bond motifs is 1. The third kappa shape index (κ3) is 3.60. The van der Waals surface area contributed by atoms with Crippen molar-refractivity contribution in [2.45, 2.75) is 45.1 Å². The lowest BCUT2D eigenvalue weighted by Crippen LogP contribution is -2.34. The van der Waals surface area contributed by atoms with Crippen molar-refractivity contribution < 1.29 is 9.53 Å². The maximum Gasteiger partial charge on any atom is 0.271 e. The summed E-state index contributed by atoms with van der Waals surface area (Å²) >= 11 is 0. The number of H-pyrrole nitrogens is 1. The normalized spacial score (nSPS) is 17.7. The second-order valence-electron chi connectivity index (χ2n) is 7.90. The van der Waals surface area contributed by atoms with E-state index >= 15 is 0 Å². The molecule has 1 aliphatic carbocycles. The highest BCUT2D eigenvalue weighted by Gasteiger charge is 2.29. The first kappa shape index (κ1) is 17.8. The fourth-order valence-corrected chi connectivity index (χ4v) is 3.83. The Balaban J connectivity index is 1.28. The number of ether oxygens (including phenoxy) is 1. The smallest absolute Gasteiger partial charge is 0.271 e. The van der Waals surface area contributed by atoms with E-state index in [-0.39, 0.29) is 12.0 Å². The van der Waals surface area contributed by atoms with Crippen LogP contribution in [0.25, 0.3) is 11.4 Å². The van der Waals surface area contributed by atoms with Crippen LogP contribution in [-0.2, 0) is 6.42 Å². The third-order valence-corrected chi connectivity index (χ3v) is 5.39. The highest BCUT2D eigenvalue weighted by Crippen LogP contribution is 2.39. The minimum absolute atomic E-state index is 0.122. The summed E-state index contributed by atoms with van der Waals surface area (Å²) < 4.78 is 6.19. The molecule has 2 aromatic heterocycles. The van der Waals surface area contributed by atoms with Crippen molar-refractivity contribution in [2.24, 2.45) is 0 Å². The molecule has 148 valence electrons. The van der Waals surface area contributed by atoms with Crippen molar-refractivity contribution in [3.8, 4) is 17.1 Å². The largest absolute Gasteiger partial charge is 0.487 e. The molecule has 0 radical (unpaired) electrons. The average Bonchev–Trinajstić information content (AvgIpc) is 3.26. The van der Waals surface area contributed by atoms with E-state index in [0.717, 1.165) is 40.4 Å². The van der Waals surface area contributed by atoms with Crippen LogP contribution in [0, 0.1) is 13.8 Å². The number of aromatic amines is 1. The Morgan fingerprint density at radius 2 is 2.00 bits per heavy atom. The predicted molar refractivity (Wildman–Crippen MR) is 108 cm³/mol. The van der Waals surface area contributed by atoms with Crippen LogP contribution >= 0.6 is 0 Å². The molecule has 2 aliphatic rings. The van der Waals surface area contributed by atoms with Crippen molar-refractivity contribution in [2.75, 3.05) is 6.54 Å². The van der Waals surface area contributed by atoms with Crippen LogP contribution in [0.15, 0.2) is 30.3 Å². The second-order valence-corrected chi connectivity index (χ2v) is 7.90. The van der Waals surface area contributed by atoms with Gasteiger partial charge in [0.2, 0.25) is 0 Å². The van der Waals surface area contributed by atoms with Gasteiger partial charge in [-0.1, -0.05) is 12.1 Å². The summed E-state index contributed by atoms with van der Waals surface area (Å²) in [4.78, 5) is 21.6. The van der Waals surface area contributed by atoms with Gasteiger partial charge in [0.05, 0.1) is 12.1 Å². The monoisotopic (exact) mass is 389 g/mol. The Labute approximate surface area is 168 Å². The number of rotatable bonds is 5. The Hall–Kier alpha value is -3.22. The molecular weight excluding hydrogens is 366 g/mol. The number of hydrogen-bond acceptors (Lipinski definition) is 5. The first-order valence-electron chi connectivity index (χ1n) is 10.0. The van der Waals surface area contributed by atoms with Crippen LogP contribution in [0.3, 0.4) is 0 Å². The number of nitrogens with one attached hydrogen (secondary N) is 2. The van der Waals surface area contributed by atoms with Crippen LogP contribution < -0.4 is 10.1 Å². The zero-order valence-corrected chi connectivity index (χ0v) is 16.5. The first-order valence-corrected chi connectivity index (χ1v) is 10.0. The molecule has 3 aromatic rings. The number of aromatic nitrogens is 4. The van der Waals surface area contributed by atoms with Gasteiger partial charge in [-0.05, 0) is 50.5 Å². The third-order valence-electron chi connectivity index (χ3n) is 5.39. The van der Waals surface area contributed by atoms with E-state index in [1.807, 2.05) is 38.1 Å². The minimum atomic E-state index is -0.175. The number of carbonyl (C=O) groups excluding carboxylic acids is 1. The van der Waals surface area contributed by atoms with Gasteiger partial charge < -0.3 is 10.1 Å². The molecule has 1 unspecified atom stereocenters. The molecule has 5 rings (SSSR count). The number of amides is 1. The number of para-hydroxylation sites is 1. The van der Waals surface area contributed by atoms with E-state index in [1.165, 1.54) is 12.8 Å². The van der Waals surface area contributed by atoms with Crippen LogP contribution in [0.2, 0.25) is 0 Å². The molecule has 1 atom stereocenters. The van der Waals surface area contributed by atoms with Gasteiger partial charge in [-0.25, -0.2) is 9.97 Å². The molecule has 1 aliphatic heterocycles. The molecule has 0 saturated heterocycles. The number of benzene rings is 1. The second kappa shape index (κ2) is 6.99. The molecule has 2 N–H and O–H groups in total. The molecule has 1 fully saturated rings. The zero-order valence-electron chi connectivity index (χ0n) is 16.5. The highest BCUT2D eigenvalue weighted by atomic mass is 16.5. The van der Waals surface area contributed by atoms with E-state index in [9.17, 15) is 4.79 Å². The maximum absolute atomic E-state index is 12.4. The quantitative estimate of drug-likeness (QED) is 0.699. The fraction of sp³-hybridized carbons (Fsp3) is 0.364. The lowest BCUT2D eigenvalue weighted by atomic mass is 10.1. The number of aryl methyl sites for hydroxylation is 2. The van der Waals surface area contributed by atoms with E-state index in [2.05, 4.69) is 31.5 Å². The Kier molecular flexibility index (Phi) is 4.30. The van der Waals surface area contributed by atoms with Crippen LogP contribution in [0.4, 0.5) is 0 Å². The Morgan fingerprint density at radius 3 is 2.76 bits per heavy atom. The van der Waals surface area contributed by atoms with E-state index in [0.29, 0.717) is 24.0 Å². The molecule has 1 saturated carbocycles. The molecule has 1 amide bonds. The van der Waals surface area contributed by atoms with Crippen LogP contribution in [0.1, 0.15) is 51.9 Å². The van der Waals surface area contributed by atoms with Crippen molar-refractivity contribution in [3.05, 3.63) is 58.7 Å². The highest BCUT2D eigenvalue weighted by molar-refractivity contribution is 5.92. The van der Waals surface area contributed by atoms with Gasteiger partial charge in [-0.15, -0.1) is 0 Å². The SMILES string of the molecule is Cc1cc(C)nc(-c2cccc3c2OC(CNC(=O)c2cc(C4CC4)[nH]n2)C3)n1. The number of nitrogens with zero attached hydrogens (tertiary/aromatic N) is 3. The molecule has 0 bridgehead atoms. The lowest BCUT2D eigenvalue weighted by molar-refractivity contribution is 0.0928. The molecule has 7 nitrogen and oxygen atoms in total. The Morgan fingerprint density at radius 1 is 1.21 bits per heavy atom. The summed E-state index contributed by atoms with van der Waals surface area (Å²) in [7, 11) is 0. The first-order chi connectivity index (χ1) is 14.1. The topological polar surface area (TPSA) is 92.8 Å². The van der Waals surface area contributed by atoms with E-state index in [1.54, 1.807) is 0 Å². The molecular formula is C22H23N5O2. The Bertz CT molecular complexity index is 1070. The summed E-state index contributed by atoms with van der Waals surface area (Å²) in [5.41, 5.74) is 5.35. The van der Waals surface area contributed by atoms with Gasteiger partial charge in [-0.3, -0.25) is 9.89 Å². The zero-order chi connectivity index (χ0) is 20.0. The summed E-state index contributed by atoms with van der Waals surface area (Å²) in [6, 6.07) is 9.85. The van der Waals surface area contributed by atoms with Gasteiger partial charge in [-0.2, -0.15) is 5.10 Å². The van der Waals surface area contributed by atoms with Gasteiger partial charge in [0.15, 0.2) is 5.82 Å². The van der Waals surface area contributed by atoms with Crippen molar-refractivity contribution >= 4 is 5.91 Å². The van der Waals surface area contributed by atoms with Gasteiger partial charge in [0.1, 0.15) is 17.5 Å². The van der Waals surface area contributed by atoms with Crippen LogP contribution in [0.5, 0.6) is 5.75 Å². The molecule has 29 heavy (non-hydrogen) atoms. The number of carbonyl (C=O) groups is 1. The summed E-state index contributed by atoms with van der Waals surface area (Å²) in [6.07, 6.45) is 2.96. The summed E-state index contributed by atoms with van der Waals surface area (Å²) in [5, 5.41) is 10.1. The van der Waals surface area contributed by atoms with Crippen molar-refractivity contribution in [1.82, 2.24) is 25.5 Å². The van der Waals surface area contributed by atoms with Gasteiger partial charge in [0.25, 0.3) is 5.91 Å². The average molecular weight is 389 g/mol.